The third-order valence-electron chi connectivity index (χ3n) is 4.94. The second kappa shape index (κ2) is 7.31. The third kappa shape index (κ3) is 4.11. The molecule has 1 saturated heterocycles. The van der Waals surface area contributed by atoms with E-state index in [1.54, 1.807) is 12.1 Å². The Balaban J connectivity index is 1.85. The van der Waals surface area contributed by atoms with Crippen molar-refractivity contribution in [1.82, 2.24) is 9.88 Å². The lowest BCUT2D eigenvalue weighted by Crippen LogP contribution is -2.48. The standard InChI is InChI=1S/C18H23ClN2O4S/c1-13-16(20-17(25-13)14-3-5-15(19)6-4-14)11-21(8-9-22)18(2)7-10-26(23,24)12-18/h3-6,22H,7-12H2,1-2H3/t18-/m1/s1. The van der Waals surface area contributed by atoms with Crippen LogP contribution in [0.4, 0.5) is 0 Å². The fraction of sp³-hybridized carbons (Fsp3) is 0.500. The lowest BCUT2D eigenvalue weighted by atomic mass is 9.99. The van der Waals surface area contributed by atoms with Gasteiger partial charge in [-0.3, -0.25) is 4.90 Å². The highest BCUT2D eigenvalue weighted by molar-refractivity contribution is 7.91. The van der Waals surface area contributed by atoms with Crippen LogP contribution in [0.5, 0.6) is 0 Å². The molecule has 1 aromatic carbocycles. The highest BCUT2D eigenvalue weighted by Crippen LogP contribution is 2.32. The van der Waals surface area contributed by atoms with E-state index < -0.39 is 15.4 Å². The molecule has 0 unspecified atom stereocenters. The number of aliphatic hydroxyl groups is 1. The van der Waals surface area contributed by atoms with Crippen molar-refractivity contribution in [3.8, 4) is 11.5 Å². The largest absolute Gasteiger partial charge is 0.441 e. The van der Waals surface area contributed by atoms with E-state index in [-0.39, 0.29) is 18.1 Å². The number of sulfone groups is 1. The van der Waals surface area contributed by atoms with Crippen molar-refractivity contribution in [2.45, 2.75) is 32.4 Å². The summed E-state index contributed by atoms with van der Waals surface area (Å²) >= 11 is 5.92. The maximum absolute atomic E-state index is 12.0. The molecule has 6 nitrogen and oxygen atoms in total. The summed E-state index contributed by atoms with van der Waals surface area (Å²) in [5.74, 6) is 1.46. The van der Waals surface area contributed by atoms with Crippen LogP contribution in [0.1, 0.15) is 24.8 Å². The van der Waals surface area contributed by atoms with Crippen LogP contribution < -0.4 is 0 Å². The highest BCUT2D eigenvalue weighted by Gasteiger charge is 2.42. The number of β-amino-alcohol motifs (C(OH)–C–C–N with tert-alkyl or cyclic N) is 1. The van der Waals surface area contributed by atoms with Gasteiger partial charge >= 0.3 is 0 Å². The average molecular weight is 399 g/mol. The number of rotatable bonds is 6. The van der Waals surface area contributed by atoms with Gasteiger partial charge in [0.25, 0.3) is 0 Å². The SMILES string of the molecule is Cc1oc(-c2ccc(Cl)cc2)nc1CN(CCO)[C@]1(C)CCS(=O)(=O)C1. The molecule has 0 radical (unpaired) electrons. The van der Waals surface area contributed by atoms with Gasteiger partial charge in [-0.25, -0.2) is 13.4 Å². The first-order valence-corrected chi connectivity index (χ1v) is 10.7. The third-order valence-corrected chi connectivity index (χ3v) is 7.08. The molecule has 8 heteroatoms. The summed E-state index contributed by atoms with van der Waals surface area (Å²) in [6.07, 6.45) is 0.552. The first-order valence-electron chi connectivity index (χ1n) is 8.51. The summed E-state index contributed by atoms with van der Waals surface area (Å²) in [5, 5.41) is 10.1. The fourth-order valence-electron chi connectivity index (χ4n) is 3.37. The van der Waals surface area contributed by atoms with Gasteiger partial charge in [0.2, 0.25) is 5.89 Å². The molecule has 0 saturated carbocycles. The maximum Gasteiger partial charge on any atom is 0.226 e. The molecule has 1 aliphatic heterocycles. The zero-order chi connectivity index (χ0) is 18.9. The minimum Gasteiger partial charge on any atom is -0.441 e. The van der Waals surface area contributed by atoms with Gasteiger partial charge in [0.15, 0.2) is 9.84 Å². The smallest absolute Gasteiger partial charge is 0.226 e. The summed E-state index contributed by atoms with van der Waals surface area (Å²) < 4.78 is 29.7. The van der Waals surface area contributed by atoms with Gasteiger partial charge in [-0.05, 0) is 44.5 Å². The van der Waals surface area contributed by atoms with Gasteiger partial charge < -0.3 is 9.52 Å². The molecule has 26 heavy (non-hydrogen) atoms. The summed E-state index contributed by atoms with van der Waals surface area (Å²) in [7, 11) is -3.04. The molecule has 142 valence electrons. The lowest BCUT2D eigenvalue weighted by molar-refractivity contribution is 0.0884. The number of nitrogens with zero attached hydrogens (tertiary/aromatic N) is 2. The van der Waals surface area contributed by atoms with E-state index in [0.717, 1.165) is 11.3 Å². The number of halogens is 1. The van der Waals surface area contributed by atoms with Gasteiger partial charge in [0.1, 0.15) is 5.76 Å². The first kappa shape index (κ1) is 19.4. The number of aryl methyl sites for hydroxylation is 1. The Morgan fingerprint density at radius 3 is 2.62 bits per heavy atom. The van der Waals surface area contributed by atoms with E-state index >= 15 is 0 Å². The van der Waals surface area contributed by atoms with Crippen molar-refractivity contribution < 1.29 is 17.9 Å². The minimum absolute atomic E-state index is 0.0451. The number of aliphatic hydroxyl groups excluding tert-OH is 1. The van der Waals surface area contributed by atoms with Crippen LogP contribution in [0.15, 0.2) is 28.7 Å². The van der Waals surface area contributed by atoms with Crippen molar-refractivity contribution in [2.75, 3.05) is 24.7 Å². The molecule has 0 spiro atoms. The number of aromatic nitrogens is 1. The van der Waals surface area contributed by atoms with Crippen LogP contribution >= 0.6 is 11.6 Å². The van der Waals surface area contributed by atoms with Crippen LogP contribution in [0.25, 0.3) is 11.5 Å². The minimum atomic E-state index is -3.04. The van der Waals surface area contributed by atoms with Gasteiger partial charge in [-0.15, -0.1) is 0 Å². The molecule has 3 rings (SSSR count). The second-order valence-corrected chi connectivity index (χ2v) is 9.63. The van der Waals surface area contributed by atoms with Crippen LogP contribution in [-0.2, 0) is 16.4 Å². The fourth-order valence-corrected chi connectivity index (χ4v) is 5.67. The molecule has 0 bridgehead atoms. The molecule has 0 aliphatic carbocycles. The van der Waals surface area contributed by atoms with Gasteiger partial charge in [0, 0.05) is 29.2 Å². The Morgan fingerprint density at radius 1 is 1.35 bits per heavy atom. The summed E-state index contributed by atoms with van der Waals surface area (Å²) in [6.45, 7) is 4.54. The van der Waals surface area contributed by atoms with Gasteiger partial charge in [0.05, 0.1) is 23.8 Å². The summed E-state index contributed by atoms with van der Waals surface area (Å²) in [4.78, 5) is 6.58. The molecule has 1 N–H and O–H groups in total. The number of oxazole rings is 1. The zero-order valence-electron chi connectivity index (χ0n) is 14.9. The molecule has 0 amide bonds. The zero-order valence-corrected chi connectivity index (χ0v) is 16.5. The Labute approximate surface area is 158 Å². The van der Waals surface area contributed by atoms with Crippen molar-refractivity contribution in [1.29, 1.82) is 0 Å². The normalized spacial score (nSPS) is 22.2. The molecular weight excluding hydrogens is 376 g/mol. The molecule has 1 fully saturated rings. The Morgan fingerprint density at radius 2 is 2.04 bits per heavy atom. The molecular formula is C18H23ClN2O4S. The van der Waals surface area contributed by atoms with E-state index in [1.807, 2.05) is 30.9 Å². The predicted molar refractivity (Wildman–Crippen MR) is 101 cm³/mol. The lowest BCUT2D eigenvalue weighted by Gasteiger charge is -2.36. The van der Waals surface area contributed by atoms with Gasteiger partial charge in [-0.2, -0.15) is 0 Å². The van der Waals surface area contributed by atoms with Gasteiger partial charge in [-0.1, -0.05) is 11.6 Å². The molecule has 2 aromatic rings. The molecule has 1 aromatic heterocycles. The summed E-state index contributed by atoms with van der Waals surface area (Å²) in [6, 6.07) is 7.23. The predicted octanol–water partition coefficient (Wildman–Crippen LogP) is 2.67. The first-order chi connectivity index (χ1) is 12.2. The topological polar surface area (TPSA) is 83.6 Å². The van der Waals surface area contributed by atoms with E-state index in [4.69, 9.17) is 16.0 Å². The second-order valence-electron chi connectivity index (χ2n) is 7.01. The van der Waals surface area contributed by atoms with Crippen molar-refractivity contribution in [2.24, 2.45) is 0 Å². The Hall–Kier alpha value is -1.41. The Kier molecular flexibility index (Phi) is 5.44. The van der Waals surface area contributed by atoms with E-state index in [2.05, 4.69) is 4.98 Å². The highest BCUT2D eigenvalue weighted by atomic mass is 35.5. The maximum atomic E-state index is 12.0. The Bertz CT molecular complexity index is 879. The number of hydrogen-bond acceptors (Lipinski definition) is 6. The quantitative estimate of drug-likeness (QED) is 0.805. The van der Waals surface area contributed by atoms with Crippen molar-refractivity contribution in [3.05, 3.63) is 40.7 Å². The van der Waals surface area contributed by atoms with Crippen molar-refractivity contribution >= 4 is 21.4 Å². The van der Waals surface area contributed by atoms with Crippen LogP contribution in [-0.4, -0.2) is 53.6 Å². The number of hydrogen-bond donors (Lipinski definition) is 1. The van der Waals surface area contributed by atoms with Crippen LogP contribution in [0.3, 0.4) is 0 Å². The van der Waals surface area contributed by atoms with Crippen LogP contribution in [0.2, 0.25) is 5.02 Å². The van der Waals surface area contributed by atoms with E-state index in [9.17, 15) is 13.5 Å². The van der Waals surface area contributed by atoms with Crippen LogP contribution in [0, 0.1) is 6.92 Å². The average Bonchev–Trinajstić information content (AvgIpc) is 3.08. The molecule has 1 atom stereocenters. The van der Waals surface area contributed by atoms with Crippen molar-refractivity contribution in [3.63, 3.8) is 0 Å². The molecule has 2 heterocycles. The monoisotopic (exact) mass is 398 g/mol. The molecule has 1 aliphatic rings. The van der Waals surface area contributed by atoms with E-state index in [0.29, 0.717) is 36.2 Å². The summed E-state index contributed by atoms with van der Waals surface area (Å²) in [5.41, 5.74) is 1.06. The number of benzene rings is 1. The van der Waals surface area contributed by atoms with E-state index in [1.165, 1.54) is 0 Å².